The van der Waals surface area contributed by atoms with Gasteiger partial charge in [-0.25, -0.2) is 4.98 Å². The van der Waals surface area contributed by atoms with E-state index in [1.54, 1.807) is 19.5 Å². The van der Waals surface area contributed by atoms with Crippen LogP contribution in [0.3, 0.4) is 0 Å². The fourth-order valence-corrected chi connectivity index (χ4v) is 1.50. The fourth-order valence-electron chi connectivity index (χ4n) is 1.50. The standard InChI is InChI=1S/C12H13N3O/c1-13-12-11(14-6-7-15-12)9-4-3-5-10(8-9)16-2/h3-8H,1-2H3,(H,13,15). The van der Waals surface area contributed by atoms with Gasteiger partial charge in [-0.2, -0.15) is 0 Å². The van der Waals surface area contributed by atoms with Crippen molar-refractivity contribution < 1.29 is 4.74 Å². The van der Waals surface area contributed by atoms with Crippen LogP contribution in [0.1, 0.15) is 0 Å². The van der Waals surface area contributed by atoms with Crippen molar-refractivity contribution in [2.45, 2.75) is 0 Å². The molecule has 4 nitrogen and oxygen atoms in total. The normalized spacial score (nSPS) is 9.88. The molecule has 2 aromatic rings. The molecule has 0 aliphatic rings. The minimum absolute atomic E-state index is 0.760. The van der Waals surface area contributed by atoms with Crippen molar-refractivity contribution in [2.75, 3.05) is 19.5 Å². The highest BCUT2D eigenvalue weighted by Gasteiger charge is 2.06. The van der Waals surface area contributed by atoms with E-state index in [0.29, 0.717) is 0 Å². The number of methoxy groups -OCH3 is 1. The van der Waals surface area contributed by atoms with Crippen LogP contribution in [0.5, 0.6) is 5.75 Å². The summed E-state index contributed by atoms with van der Waals surface area (Å²) in [5.41, 5.74) is 1.81. The highest BCUT2D eigenvalue weighted by atomic mass is 16.5. The first-order valence-electron chi connectivity index (χ1n) is 4.98. The molecule has 0 saturated heterocycles. The quantitative estimate of drug-likeness (QED) is 0.852. The lowest BCUT2D eigenvalue weighted by Crippen LogP contribution is -1.97. The Hall–Kier alpha value is -2.10. The second-order valence-corrected chi connectivity index (χ2v) is 3.24. The lowest BCUT2D eigenvalue weighted by atomic mass is 10.1. The summed E-state index contributed by atoms with van der Waals surface area (Å²) in [7, 11) is 3.47. The molecule has 2 rings (SSSR count). The number of nitrogens with zero attached hydrogens (tertiary/aromatic N) is 2. The predicted molar refractivity (Wildman–Crippen MR) is 63.6 cm³/mol. The summed E-state index contributed by atoms with van der Waals surface area (Å²) in [5.74, 6) is 1.57. The van der Waals surface area contributed by atoms with Gasteiger partial charge in [0.25, 0.3) is 0 Å². The van der Waals surface area contributed by atoms with Crippen LogP contribution in [0.15, 0.2) is 36.7 Å². The minimum atomic E-state index is 0.760. The summed E-state index contributed by atoms with van der Waals surface area (Å²) < 4.78 is 5.18. The predicted octanol–water partition coefficient (Wildman–Crippen LogP) is 2.19. The molecule has 0 bridgehead atoms. The van der Waals surface area contributed by atoms with Crippen molar-refractivity contribution in [3.8, 4) is 17.0 Å². The number of nitrogens with one attached hydrogen (secondary N) is 1. The van der Waals surface area contributed by atoms with Gasteiger partial charge in [0.15, 0.2) is 5.82 Å². The minimum Gasteiger partial charge on any atom is -0.497 e. The Morgan fingerprint density at radius 1 is 1.19 bits per heavy atom. The molecule has 1 heterocycles. The first-order chi connectivity index (χ1) is 7.85. The van der Waals surface area contributed by atoms with Gasteiger partial charge in [-0.15, -0.1) is 0 Å². The van der Waals surface area contributed by atoms with Crippen LogP contribution in [0, 0.1) is 0 Å². The van der Waals surface area contributed by atoms with Crippen LogP contribution < -0.4 is 10.1 Å². The highest BCUT2D eigenvalue weighted by Crippen LogP contribution is 2.26. The molecule has 4 heteroatoms. The largest absolute Gasteiger partial charge is 0.497 e. The van der Waals surface area contributed by atoms with E-state index < -0.39 is 0 Å². The third kappa shape index (κ3) is 1.95. The molecule has 0 atom stereocenters. The van der Waals surface area contributed by atoms with E-state index in [2.05, 4.69) is 15.3 Å². The maximum absolute atomic E-state index is 5.18. The molecule has 0 fully saturated rings. The van der Waals surface area contributed by atoms with E-state index in [0.717, 1.165) is 22.8 Å². The Bertz CT molecular complexity index is 485. The number of hydrogen-bond acceptors (Lipinski definition) is 4. The monoisotopic (exact) mass is 215 g/mol. The van der Waals surface area contributed by atoms with Crippen LogP contribution in [0.4, 0.5) is 5.82 Å². The molecular formula is C12H13N3O. The van der Waals surface area contributed by atoms with Crippen LogP contribution in [-0.2, 0) is 0 Å². The van der Waals surface area contributed by atoms with Crippen molar-refractivity contribution in [1.82, 2.24) is 9.97 Å². The number of hydrogen-bond donors (Lipinski definition) is 1. The van der Waals surface area contributed by atoms with Gasteiger partial charge in [0.1, 0.15) is 11.4 Å². The maximum Gasteiger partial charge on any atom is 0.152 e. The Balaban J connectivity index is 2.49. The first-order valence-corrected chi connectivity index (χ1v) is 4.98. The third-order valence-corrected chi connectivity index (χ3v) is 2.28. The van der Waals surface area contributed by atoms with Crippen LogP contribution in [0.25, 0.3) is 11.3 Å². The summed E-state index contributed by atoms with van der Waals surface area (Å²) in [5, 5.41) is 3.02. The fraction of sp³-hybridized carbons (Fsp3) is 0.167. The number of ether oxygens (including phenoxy) is 1. The molecule has 16 heavy (non-hydrogen) atoms. The van der Waals surface area contributed by atoms with Gasteiger partial charge in [-0.1, -0.05) is 12.1 Å². The lowest BCUT2D eigenvalue weighted by Gasteiger charge is -2.07. The maximum atomic E-state index is 5.18. The Morgan fingerprint density at radius 2 is 2.00 bits per heavy atom. The van der Waals surface area contributed by atoms with Gasteiger partial charge in [-0.3, -0.25) is 4.98 Å². The Morgan fingerprint density at radius 3 is 2.75 bits per heavy atom. The van der Waals surface area contributed by atoms with Gasteiger partial charge >= 0.3 is 0 Å². The molecule has 0 amide bonds. The smallest absolute Gasteiger partial charge is 0.152 e. The number of anilines is 1. The molecule has 82 valence electrons. The average molecular weight is 215 g/mol. The van der Waals surface area contributed by atoms with Crippen molar-refractivity contribution >= 4 is 5.82 Å². The Labute approximate surface area is 94.3 Å². The van der Waals surface area contributed by atoms with Crippen molar-refractivity contribution in [3.63, 3.8) is 0 Å². The third-order valence-electron chi connectivity index (χ3n) is 2.28. The Kier molecular flexibility index (Phi) is 3.00. The zero-order chi connectivity index (χ0) is 11.4. The summed E-state index contributed by atoms with van der Waals surface area (Å²) in [4.78, 5) is 8.53. The van der Waals surface area contributed by atoms with Crippen LogP contribution in [-0.4, -0.2) is 24.1 Å². The van der Waals surface area contributed by atoms with Gasteiger partial charge in [0.2, 0.25) is 0 Å². The molecule has 0 unspecified atom stereocenters. The number of aromatic nitrogens is 2. The highest BCUT2D eigenvalue weighted by molar-refractivity contribution is 5.71. The average Bonchev–Trinajstić information content (AvgIpc) is 2.38. The first kappa shape index (κ1) is 10.4. The second kappa shape index (κ2) is 4.61. The topological polar surface area (TPSA) is 47.0 Å². The van der Waals surface area contributed by atoms with Gasteiger partial charge in [0, 0.05) is 25.0 Å². The molecule has 1 aromatic heterocycles. The lowest BCUT2D eigenvalue weighted by molar-refractivity contribution is 0.415. The van der Waals surface area contributed by atoms with E-state index >= 15 is 0 Å². The molecule has 0 spiro atoms. The second-order valence-electron chi connectivity index (χ2n) is 3.24. The summed E-state index contributed by atoms with van der Waals surface area (Å²) in [6.07, 6.45) is 3.34. The zero-order valence-corrected chi connectivity index (χ0v) is 9.27. The molecule has 0 aliphatic carbocycles. The van der Waals surface area contributed by atoms with Crippen molar-refractivity contribution in [1.29, 1.82) is 0 Å². The van der Waals surface area contributed by atoms with E-state index in [1.165, 1.54) is 0 Å². The number of rotatable bonds is 3. The summed E-state index contributed by atoms with van der Waals surface area (Å²) in [6.45, 7) is 0. The molecule has 0 radical (unpaired) electrons. The molecular weight excluding hydrogens is 202 g/mol. The van der Waals surface area contributed by atoms with E-state index in [4.69, 9.17) is 4.74 Å². The van der Waals surface area contributed by atoms with Crippen molar-refractivity contribution in [2.24, 2.45) is 0 Å². The van der Waals surface area contributed by atoms with Gasteiger partial charge < -0.3 is 10.1 Å². The molecule has 1 aromatic carbocycles. The SMILES string of the molecule is CNc1nccnc1-c1cccc(OC)c1. The molecule has 0 aliphatic heterocycles. The van der Waals surface area contributed by atoms with Crippen molar-refractivity contribution in [3.05, 3.63) is 36.7 Å². The molecule has 0 saturated carbocycles. The van der Waals surface area contributed by atoms with Crippen LogP contribution in [0.2, 0.25) is 0 Å². The summed E-state index contributed by atoms with van der Waals surface area (Å²) >= 11 is 0. The van der Waals surface area contributed by atoms with Gasteiger partial charge in [-0.05, 0) is 12.1 Å². The molecule has 1 N–H and O–H groups in total. The summed E-state index contributed by atoms with van der Waals surface area (Å²) in [6, 6.07) is 7.75. The van der Waals surface area contributed by atoms with E-state index in [-0.39, 0.29) is 0 Å². The van der Waals surface area contributed by atoms with E-state index in [1.807, 2.05) is 31.3 Å². The zero-order valence-electron chi connectivity index (χ0n) is 9.27. The van der Waals surface area contributed by atoms with Gasteiger partial charge in [0.05, 0.1) is 7.11 Å². The number of benzene rings is 1. The van der Waals surface area contributed by atoms with E-state index in [9.17, 15) is 0 Å². The van der Waals surface area contributed by atoms with Crippen LogP contribution >= 0.6 is 0 Å².